The van der Waals surface area contributed by atoms with Crippen LogP contribution in [0.3, 0.4) is 0 Å². The first-order valence-corrected chi connectivity index (χ1v) is 5.75. The van der Waals surface area contributed by atoms with Gasteiger partial charge >= 0.3 is 0 Å². The van der Waals surface area contributed by atoms with Gasteiger partial charge in [-0.2, -0.15) is 0 Å². The zero-order valence-corrected chi connectivity index (χ0v) is 10.9. The van der Waals surface area contributed by atoms with Gasteiger partial charge in [-0.05, 0) is 37.1 Å². The van der Waals surface area contributed by atoms with Crippen LogP contribution in [0.15, 0.2) is 18.2 Å². The molecule has 3 nitrogen and oxygen atoms in total. The number of halogens is 2. The van der Waals surface area contributed by atoms with Crippen molar-refractivity contribution in [2.75, 3.05) is 0 Å². The third-order valence-corrected chi connectivity index (χ3v) is 3.37. The molecule has 2 rings (SSSR count). The molecule has 0 spiro atoms. The number of hydrogen-bond acceptors (Lipinski definition) is 1. The molecule has 0 aliphatic carbocycles. The zero-order chi connectivity index (χ0) is 14.3. The monoisotopic (exact) mass is 264 g/mol. The number of nitrogens with zero attached hydrogens (tertiary/aromatic N) is 1. The largest absolute Gasteiger partial charge is 0.364 e. The van der Waals surface area contributed by atoms with Crippen LogP contribution in [-0.4, -0.2) is 10.5 Å². The lowest BCUT2D eigenvalue weighted by molar-refractivity contribution is 0.0992. The molecule has 0 unspecified atom stereocenters. The molecule has 1 aromatic heterocycles. The van der Waals surface area contributed by atoms with E-state index in [9.17, 15) is 13.6 Å². The summed E-state index contributed by atoms with van der Waals surface area (Å²) in [5.74, 6) is -2.36. The molecule has 0 atom stereocenters. The van der Waals surface area contributed by atoms with Gasteiger partial charge in [0.05, 0.1) is 0 Å². The maximum Gasteiger partial charge on any atom is 0.265 e. The van der Waals surface area contributed by atoms with Gasteiger partial charge in [-0.3, -0.25) is 4.79 Å². The molecule has 5 heteroatoms. The number of carbonyl (C=O) groups excluding carboxylic acids is 1. The Labute approximate surface area is 109 Å². The predicted octanol–water partition coefficient (Wildman–Crippen LogP) is 2.69. The van der Waals surface area contributed by atoms with Crippen molar-refractivity contribution < 1.29 is 13.6 Å². The van der Waals surface area contributed by atoms with E-state index in [0.29, 0.717) is 22.4 Å². The fourth-order valence-electron chi connectivity index (χ4n) is 2.40. The highest BCUT2D eigenvalue weighted by Crippen LogP contribution is 2.32. The average Bonchev–Trinajstić information content (AvgIpc) is 2.54. The molecule has 1 heterocycles. The summed E-state index contributed by atoms with van der Waals surface area (Å²) in [5.41, 5.74) is 8.38. The molecule has 1 amide bonds. The minimum Gasteiger partial charge on any atom is -0.364 e. The zero-order valence-electron chi connectivity index (χ0n) is 10.9. The topological polar surface area (TPSA) is 48.0 Å². The van der Waals surface area contributed by atoms with Crippen LogP contribution in [0.1, 0.15) is 21.7 Å². The van der Waals surface area contributed by atoms with Crippen LogP contribution < -0.4 is 5.73 Å². The molecular weight excluding hydrogens is 250 g/mol. The molecule has 0 saturated heterocycles. The summed E-state index contributed by atoms with van der Waals surface area (Å²) >= 11 is 0. The molecule has 2 N–H and O–H groups in total. The lowest BCUT2D eigenvalue weighted by Crippen LogP contribution is -2.16. The summed E-state index contributed by atoms with van der Waals surface area (Å²) in [7, 11) is 1.71. The van der Waals surface area contributed by atoms with Crippen molar-refractivity contribution in [2.24, 2.45) is 12.8 Å². The molecule has 0 radical (unpaired) electrons. The van der Waals surface area contributed by atoms with Gasteiger partial charge < -0.3 is 10.3 Å². The van der Waals surface area contributed by atoms with Gasteiger partial charge in [0.1, 0.15) is 5.69 Å². The Morgan fingerprint density at radius 1 is 1.21 bits per heavy atom. The smallest absolute Gasteiger partial charge is 0.265 e. The van der Waals surface area contributed by atoms with Gasteiger partial charge in [0.15, 0.2) is 11.6 Å². The highest BCUT2D eigenvalue weighted by Gasteiger charge is 2.20. The summed E-state index contributed by atoms with van der Waals surface area (Å²) in [4.78, 5) is 11.4. The van der Waals surface area contributed by atoms with Gasteiger partial charge in [-0.1, -0.05) is 6.07 Å². The summed E-state index contributed by atoms with van der Waals surface area (Å²) in [6, 6.07) is 3.68. The maximum absolute atomic E-state index is 13.3. The van der Waals surface area contributed by atoms with Crippen molar-refractivity contribution >= 4 is 5.91 Å². The highest BCUT2D eigenvalue weighted by molar-refractivity contribution is 5.96. The van der Waals surface area contributed by atoms with Crippen molar-refractivity contribution in [3.8, 4) is 11.1 Å². The number of amides is 1. The van der Waals surface area contributed by atoms with Crippen LogP contribution >= 0.6 is 0 Å². The number of rotatable bonds is 2. The fraction of sp³-hybridized carbons (Fsp3) is 0.214. The minimum absolute atomic E-state index is 0.372. The van der Waals surface area contributed by atoms with E-state index in [1.807, 2.05) is 0 Å². The Kier molecular flexibility index (Phi) is 3.14. The van der Waals surface area contributed by atoms with E-state index in [1.54, 1.807) is 25.5 Å². The Hall–Kier alpha value is -2.17. The van der Waals surface area contributed by atoms with E-state index in [-0.39, 0.29) is 0 Å². The second-order valence-electron chi connectivity index (χ2n) is 4.49. The van der Waals surface area contributed by atoms with Crippen LogP contribution in [0, 0.1) is 25.5 Å². The maximum atomic E-state index is 13.3. The van der Waals surface area contributed by atoms with E-state index in [4.69, 9.17) is 5.73 Å². The standard InChI is InChI=1S/C14H14F2N2O/c1-7-12(8(2)18(3)13(7)14(17)19)9-4-5-10(15)11(16)6-9/h4-6H,1-3H3,(H2,17,19). The molecule has 2 aromatic rings. The third-order valence-electron chi connectivity index (χ3n) is 3.37. The molecule has 0 aliphatic rings. The average molecular weight is 264 g/mol. The Morgan fingerprint density at radius 3 is 2.32 bits per heavy atom. The van der Waals surface area contributed by atoms with Crippen LogP contribution in [-0.2, 0) is 7.05 Å². The van der Waals surface area contributed by atoms with E-state index >= 15 is 0 Å². The van der Waals surface area contributed by atoms with E-state index in [0.717, 1.165) is 17.8 Å². The number of primary amides is 1. The molecular formula is C14H14F2N2O. The fourth-order valence-corrected chi connectivity index (χ4v) is 2.40. The molecule has 1 aromatic carbocycles. The SMILES string of the molecule is Cc1c(-c2ccc(F)c(F)c2)c(C)n(C)c1C(N)=O. The molecule has 0 aliphatic heterocycles. The summed E-state index contributed by atoms with van der Waals surface area (Å²) in [6.45, 7) is 3.54. The molecule has 0 bridgehead atoms. The molecule has 0 saturated carbocycles. The lowest BCUT2D eigenvalue weighted by atomic mass is 10.0. The molecule has 19 heavy (non-hydrogen) atoms. The van der Waals surface area contributed by atoms with Crippen LogP contribution in [0.4, 0.5) is 8.78 Å². The third kappa shape index (κ3) is 2.01. The summed E-state index contributed by atoms with van der Waals surface area (Å²) < 4.78 is 28.0. The number of hydrogen-bond donors (Lipinski definition) is 1. The Morgan fingerprint density at radius 2 is 1.84 bits per heavy atom. The van der Waals surface area contributed by atoms with Gasteiger partial charge in [-0.15, -0.1) is 0 Å². The van der Waals surface area contributed by atoms with Gasteiger partial charge in [0.2, 0.25) is 0 Å². The predicted molar refractivity (Wildman–Crippen MR) is 68.8 cm³/mol. The van der Waals surface area contributed by atoms with Crippen LogP contribution in [0.5, 0.6) is 0 Å². The lowest BCUT2D eigenvalue weighted by Gasteiger charge is -2.04. The van der Waals surface area contributed by atoms with Crippen molar-refractivity contribution in [3.05, 3.63) is 46.8 Å². The van der Waals surface area contributed by atoms with E-state index in [2.05, 4.69) is 0 Å². The minimum atomic E-state index is -0.916. The van der Waals surface area contributed by atoms with Gasteiger partial charge in [0, 0.05) is 18.3 Å². The van der Waals surface area contributed by atoms with Crippen molar-refractivity contribution in [1.29, 1.82) is 0 Å². The van der Waals surface area contributed by atoms with E-state index < -0.39 is 17.5 Å². The summed E-state index contributed by atoms with van der Waals surface area (Å²) in [6.07, 6.45) is 0. The Bertz CT molecular complexity index is 675. The number of carbonyl (C=O) groups is 1. The first-order chi connectivity index (χ1) is 8.84. The van der Waals surface area contributed by atoms with Crippen molar-refractivity contribution in [1.82, 2.24) is 4.57 Å². The van der Waals surface area contributed by atoms with Crippen molar-refractivity contribution in [3.63, 3.8) is 0 Å². The highest BCUT2D eigenvalue weighted by atomic mass is 19.2. The summed E-state index contributed by atoms with van der Waals surface area (Å²) in [5, 5.41) is 0. The van der Waals surface area contributed by atoms with E-state index in [1.165, 1.54) is 6.07 Å². The number of benzene rings is 1. The van der Waals surface area contributed by atoms with Gasteiger partial charge in [-0.25, -0.2) is 8.78 Å². The second-order valence-corrected chi connectivity index (χ2v) is 4.49. The van der Waals surface area contributed by atoms with Gasteiger partial charge in [0.25, 0.3) is 5.91 Å². The molecule has 0 fully saturated rings. The molecule has 100 valence electrons. The first kappa shape index (κ1) is 13.3. The first-order valence-electron chi connectivity index (χ1n) is 5.75. The Balaban J connectivity index is 2.72. The second kappa shape index (κ2) is 4.50. The quantitative estimate of drug-likeness (QED) is 0.890. The number of nitrogens with two attached hydrogens (primary N) is 1. The van der Waals surface area contributed by atoms with Crippen molar-refractivity contribution in [2.45, 2.75) is 13.8 Å². The van der Waals surface area contributed by atoms with Crippen LogP contribution in [0.25, 0.3) is 11.1 Å². The van der Waals surface area contributed by atoms with Crippen LogP contribution in [0.2, 0.25) is 0 Å². The normalized spacial score (nSPS) is 10.8. The number of aromatic nitrogens is 1.